The molecule has 1 saturated carbocycles. The standard InChI is InChI=1S/C17H22O2/c1-17(9-4-5-10-17)16(18)12-13-8-11-19-15-7-3-2-6-14(13)15/h2-3,6-7,13H,4-5,8-12H2,1H3. The largest absolute Gasteiger partial charge is 0.493 e. The summed E-state index contributed by atoms with van der Waals surface area (Å²) < 4.78 is 5.67. The van der Waals surface area contributed by atoms with Crippen LogP contribution in [0, 0.1) is 5.41 Å². The van der Waals surface area contributed by atoms with Crippen molar-refractivity contribution >= 4 is 5.78 Å². The molecule has 0 N–H and O–H groups in total. The highest BCUT2D eigenvalue weighted by Gasteiger charge is 2.37. The Hall–Kier alpha value is -1.31. The maximum atomic E-state index is 12.6. The minimum absolute atomic E-state index is 0.0484. The summed E-state index contributed by atoms with van der Waals surface area (Å²) in [5.74, 6) is 1.80. The van der Waals surface area contributed by atoms with Gasteiger partial charge in [-0.1, -0.05) is 38.0 Å². The van der Waals surface area contributed by atoms with E-state index in [1.54, 1.807) is 0 Å². The second-order valence-electron chi connectivity index (χ2n) is 6.27. The van der Waals surface area contributed by atoms with Gasteiger partial charge in [0, 0.05) is 11.8 Å². The van der Waals surface area contributed by atoms with Crippen LogP contribution >= 0.6 is 0 Å². The molecule has 0 radical (unpaired) electrons. The minimum atomic E-state index is -0.0484. The highest BCUT2D eigenvalue weighted by molar-refractivity contribution is 5.85. The highest BCUT2D eigenvalue weighted by Crippen LogP contribution is 2.43. The molecule has 1 unspecified atom stereocenters. The van der Waals surface area contributed by atoms with Crippen molar-refractivity contribution in [3.05, 3.63) is 29.8 Å². The van der Waals surface area contributed by atoms with Crippen LogP contribution in [-0.4, -0.2) is 12.4 Å². The maximum Gasteiger partial charge on any atom is 0.139 e. The summed E-state index contributed by atoms with van der Waals surface area (Å²) in [4.78, 5) is 12.6. The van der Waals surface area contributed by atoms with Gasteiger partial charge in [0.25, 0.3) is 0 Å². The van der Waals surface area contributed by atoms with Gasteiger partial charge in [0.1, 0.15) is 11.5 Å². The fourth-order valence-electron chi connectivity index (χ4n) is 3.53. The number of carbonyl (C=O) groups is 1. The van der Waals surface area contributed by atoms with Crippen LogP contribution in [0.4, 0.5) is 0 Å². The Bertz CT molecular complexity index is 472. The lowest BCUT2D eigenvalue weighted by molar-refractivity contribution is -0.128. The predicted molar refractivity (Wildman–Crippen MR) is 75.5 cm³/mol. The number of carbonyl (C=O) groups excluding carboxylic acids is 1. The smallest absolute Gasteiger partial charge is 0.139 e. The number of benzene rings is 1. The lowest BCUT2D eigenvalue weighted by atomic mass is 9.77. The third-order valence-corrected chi connectivity index (χ3v) is 4.89. The summed E-state index contributed by atoms with van der Waals surface area (Å²) in [6.45, 7) is 2.90. The van der Waals surface area contributed by atoms with Crippen LogP contribution in [0.1, 0.15) is 56.9 Å². The first-order valence-corrected chi connectivity index (χ1v) is 7.44. The number of para-hydroxylation sites is 1. The third-order valence-electron chi connectivity index (χ3n) is 4.89. The van der Waals surface area contributed by atoms with Gasteiger partial charge in [0.15, 0.2) is 0 Å². The Balaban J connectivity index is 1.76. The van der Waals surface area contributed by atoms with E-state index < -0.39 is 0 Å². The van der Waals surface area contributed by atoms with Crippen LogP contribution in [0.3, 0.4) is 0 Å². The molecule has 0 amide bonds. The molecule has 1 atom stereocenters. The molecule has 19 heavy (non-hydrogen) atoms. The molecule has 0 aromatic heterocycles. The summed E-state index contributed by atoms with van der Waals surface area (Å²) in [5.41, 5.74) is 1.18. The molecule has 1 aromatic rings. The molecule has 0 spiro atoms. The summed E-state index contributed by atoms with van der Waals surface area (Å²) in [7, 11) is 0. The van der Waals surface area contributed by atoms with E-state index in [1.165, 1.54) is 18.4 Å². The van der Waals surface area contributed by atoms with Gasteiger partial charge in [0.05, 0.1) is 6.61 Å². The van der Waals surface area contributed by atoms with Crippen molar-refractivity contribution in [3.63, 3.8) is 0 Å². The van der Waals surface area contributed by atoms with Gasteiger partial charge < -0.3 is 4.74 Å². The van der Waals surface area contributed by atoms with Crippen molar-refractivity contribution in [2.24, 2.45) is 5.41 Å². The molecule has 1 aromatic carbocycles. The number of ketones is 1. The van der Waals surface area contributed by atoms with Crippen LogP contribution in [0.15, 0.2) is 24.3 Å². The second-order valence-corrected chi connectivity index (χ2v) is 6.27. The van der Waals surface area contributed by atoms with Crippen molar-refractivity contribution < 1.29 is 9.53 Å². The van der Waals surface area contributed by atoms with E-state index >= 15 is 0 Å². The molecule has 0 bridgehead atoms. The number of hydrogen-bond acceptors (Lipinski definition) is 2. The van der Waals surface area contributed by atoms with Crippen molar-refractivity contribution in [1.82, 2.24) is 0 Å². The first-order chi connectivity index (χ1) is 9.19. The van der Waals surface area contributed by atoms with E-state index in [4.69, 9.17) is 4.74 Å². The van der Waals surface area contributed by atoms with Crippen LogP contribution in [-0.2, 0) is 4.79 Å². The Kier molecular flexibility index (Phi) is 3.34. The molecule has 1 fully saturated rings. The fraction of sp³-hybridized carbons (Fsp3) is 0.588. The van der Waals surface area contributed by atoms with Crippen molar-refractivity contribution in [3.8, 4) is 5.75 Å². The maximum absolute atomic E-state index is 12.6. The van der Waals surface area contributed by atoms with E-state index in [9.17, 15) is 4.79 Å². The summed E-state index contributed by atoms with van der Waals surface area (Å²) >= 11 is 0. The molecule has 2 aliphatic rings. The molecule has 1 aliphatic carbocycles. The van der Waals surface area contributed by atoms with E-state index in [1.807, 2.05) is 18.2 Å². The van der Waals surface area contributed by atoms with Gasteiger partial charge in [-0.15, -0.1) is 0 Å². The number of ether oxygens (including phenoxy) is 1. The Labute approximate surface area is 115 Å². The average molecular weight is 258 g/mol. The first kappa shape index (κ1) is 12.7. The van der Waals surface area contributed by atoms with E-state index in [0.29, 0.717) is 18.1 Å². The van der Waals surface area contributed by atoms with Crippen LogP contribution < -0.4 is 4.74 Å². The topological polar surface area (TPSA) is 26.3 Å². The Morgan fingerprint density at radius 2 is 2.05 bits per heavy atom. The van der Waals surface area contributed by atoms with E-state index in [2.05, 4.69) is 13.0 Å². The van der Waals surface area contributed by atoms with Crippen molar-refractivity contribution in [1.29, 1.82) is 0 Å². The van der Waals surface area contributed by atoms with Crippen molar-refractivity contribution in [2.75, 3.05) is 6.61 Å². The molecular weight excluding hydrogens is 236 g/mol. The molecule has 1 aliphatic heterocycles. The number of rotatable bonds is 3. The Morgan fingerprint density at radius 1 is 1.32 bits per heavy atom. The Morgan fingerprint density at radius 3 is 2.84 bits per heavy atom. The van der Waals surface area contributed by atoms with Gasteiger partial charge in [0.2, 0.25) is 0 Å². The average Bonchev–Trinajstić information content (AvgIpc) is 2.87. The number of fused-ring (bicyclic) bond motifs is 1. The predicted octanol–water partition coefficient (Wildman–Crippen LogP) is 4.09. The quantitative estimate of drug-likeness (QED) is 0.816. The number of hydrogen-bond donors (Lipinski definition) is 0. The van der Waals surface area contributed by atoms with Crippen LogP contribution in [0.5, 0.6) is 5.75 Å². The lowest BCUT2D eigenvalue weighted by Gasteiger charge is -2.29. The summed E-state index contributed by atoms with van der Waals surface area (Å²) in [6.07, 6.45) is 6.25. The van der Waals surface area contributed by atoms with E-state index in [0.717, 1.165) is 31.6 Å². The zero-order chi connectivity index (χ0) is 13.3. The normalized spacial score (nSPS) is 24.6. The van der Waals surface area contributed by atoms with Gasteiger partial charge in [-0.2, -0.15) is 0 Å². The molecule has 2 nitrogen and oxygen atoms in total. The lowest BCUT2D eigenvalue weighted by Crippen LogP contribution is -2.27. The third kappa shape index (κ3) is 2.41. The van der Waals surface area contributed by atoms with Gasteiger partial charge in [-0.25, -0.2) is 0 Å². The molecular formula is C17H22O2. The molecule has 102 valence electrons. The number of Topliss-reactive ketones (excluding diaryl/α,β-unsaturated/α-hetero) is 1. The highest BCUT2D eigenvalue weighted by atomic mass is 16.5. The van der Waals surface area contributed by atoms with Gasteiger partial charge in [-0.3, -0.25) is 4.79 Å². The van der Waals surface area contributed by atoms with Gasteiger partial charge in [-0.05, 0) is 36.8 Å². The second kappa shape index (κ2) is 4.99. The molecule has 2 heteroatoms. The summed E-state index contributed by atoms with van der Waals surface area (Å²) in [6, 6.07) is 8.18. The van der Waals surface area contributed by atoms with Crippen molar-refractivity contribution in [2.45, 2.75) is 51.4 Å². The monoisotopic (exact) mass is 258 g/mol. The van der Waals surface area contributed by atoms with Gasteiger partial charge >= 0.3 is 0 Å². The zero-order valence-electron chi connectivity index (χ0n) is 11.7. The fourth-order valence-corrected chi connectivity index (χ4v) is 3.53. The zero-order valence-corrected chi connectivity index (χ0v) is 11.7. The summed E-state index contributed by atoms with van der Waals surface area (Å²) in [5, 5.41) is 0. The van der Waals surface area contributed by atoms with Crippen LogP contribution in [0.25, 0.3) is 0 Å². The minimum Gasteiger partial charge on any atom is -0.493 e. The van der Waals surface area contributed by atoms with E-state index in [-0.39, 0.29) is 5.41 Å². The molecule has 3 rings (SSSR count). The first-order valence-electron chi connectivity index (χ1n) is 7.44. The SMILES string of the molecule is CC1(C(=O)CC2CCOc3ccccc32)CCCC1. The molecule has 1 heterocycles. The molecule has 0 saturated heterocycles. The van der Waals surface area contributed by atoms with Crippen LogP contribution in [0.2, 0.25) is 0 Å².